The van der Waals surface area contributed by atoms with Crippen LogP contribution in [0, 0.1) is 0 Å². The van der Waals surface area contributed by atoms with Crippen LogP contribution in [0.3, 0.4) is 0 Å². The van der Waals surface area contributed by atoms with Crippen molar-refractivity contribution in [3.05, 3.63) is 11.8 Å². The summed E-state index contributed by atoms with van der Waals surface area (Å²) in [6, 6.07) is 0. The van der Waals surface area contributed by atoms with Crippen molar-refractivity contribution in [2.45, 2.75) is 6.92 Å². The number of carbonyl (C=O) groups excluding carboxylic acids is 2. The largest absolute Gasteiger partial charge is 0.462 e. The van der Waals surface area contributed by atoms with Gasteiger partial charge in [-0.05, 0) is 6.92 Å². The monoisotopic (exact) mass is 158 g/mol. The second-order valence-corrected chi connectivity index (χ2v) is 1.67. The standard InChI is InChI=1S/C6H10N2O3/c1-2-11-6(10)4(3-7)5(8)9/h3H,2,7H2,1H3,(H2,8,9)/b4-3+. The van der Waals surface area contributed by atoms with E-state index in [1.165, 1.54) is 0 Å². The van der Waals surface area contributed by atoms with Gasteiger partial charge in [-0.1, -0.05) is 0 Å². The van der Waals surface area contributed by atoms with Gasteiger partial charge in [0.15, 0.2) is 0 Å². The summed E-state index contributed by atoms with van der Waals surface area (Å²) in [5.41, 5.74) is 9.40. The number of hydrogen-bond acceptors (Lipinski definition) is 4. The van der Waals surface area contributed by atoms with Gasteiger partial charge in [0.05, 0.1) is 6.61 Å². The Bertz CT molecular complexity index is 198. The van der Waals surface area contributed by atoms with Crippen molar-refractivity contribution in [1.29, 1.82) is 0 Å². The summed E-state index contributed by atoms with van der Waals surface area (Å²) in [5.74, 6) is -1.67. The Morgan fingerprint density at radius 1 is 1.55 bits per heavy atom. The fourth-order valence-electron chi connectivity index (χ4n) is 0.460. The Morgan fingerprint density at radius 2 is 2.09 bits per heavy atom. The summed E-state index contributed by atoms with van der Waals surface area (Å²) in [7, 11) is 0. The van der Waals surface area contributed by atoms with E-state index in [2.05, 4.69) is 4.74 Å². The maximum absolute atomic E-state index is 10.7. The van der Waals surface area contributed by atoms with E-state index in [0.29, 0.717) is 0 Å². The fourth-order valence-corrected chi connectivity index (χ4v) is 0.460. The van der Waals surface area contributed by atoms with Gasteiger partial charge in [-0.25, -0.2) is 4.79 Å². The van der Waals surface area contributed by atoms with Gasteiger partial charge in [-0.3, -0.25) is 4.79 Å². The van der Waals surface area contributed by atoms with E-state index in [9.17, 15) is 9.59 Å². The lowest BCUT2D eigenvalue weighted by atomic mass is 10.3. The number of hydrogen-bond donors (Lipinski definition) is 2. The first-order chi connectivity index (χ1) is 5.13. The van der Waals surface area contributed by atoms with Gasteiger partial charge in [0.25, 0.3) is 5.91 Å². The molecule has 0 unspecified atom stereocenters. The SMILES string of the molecule is CCOC(=O)/C(=C/N)C(N)=O. The number of rotatable bonds is 3. The summed E-state index contributed by atoms with van der Waals surface area (Å²) < 4.78 is 4.47. The lowest BCUT2D eigenvalue weighted by molar-refractivity contribution is -0.139. The van der Waals surface area contributed by atoms with E-state index >= 15 is 0 Å². The van der Waals surface area contributed by atoms with Crippen molar-refractivity contribution >= 4 is 11.9 Å². The summed E-state index contributed by atoms with van der Waals surface area (Å²) in [6.07, 6.45) is 0.834. The quantitative estimate of drug-likeness (QED) is 0.235. The van der Waals surface area contributed by atoms with Gasteiger partial charge in [0, 0.05) is 6.20 Å². The third-order valence-corrected chi connectivity index (χ3v) is 0.927. The molecular weight excluding hydrogens is 148 g/mol. The minimum Gasteiger partial charge on any atom is -0.462 e. The molecule has 4 N–H and O–H groups in total. The average Bonchev–Trinajstić information content (AvgIpc) is 1.88. The molecule has 1 amide bonds. The van der Waals surface area contributed by atoms with Crippen LogP contribution in [0.4, 0.5) is 0 Å². The minimum atomic E-state index is -0.883. The van der Waals surface area contributed by atoms with Gasteiger partial charge in [0.1, 0.15) is 5.57 Å². The number of primary amides is 1. The van der Waals surface area contributed by atoms with Crippen LogP contribution in [-0.4, -0.2) is 18.5 Å². The topological polar surface area (TPSA) is 95.4 Å². The highest BCUT2D eigenvalue weighted by Gasteiger charge is 2.14. The molecule has 0 aromatic rings. The third kappa shape index (κ3) is 2.70. The normalized spacial score (nSPS) is 10.8. The van der Waals surface area contributed by atoms with E-state index in [1.807, 2.05) is 0 Å². The van der Waals surface area contributed by atoms with Crippen molar-refractivity contribution in [3.63, 3.8) is 0 Å². The average molecular weight is 158 g/mol. The van der Waals surface area contributed by atoms with Crippen LogP contribution in [0.15, 0.2) is 11.8 Å². The minimum absolute atomic E-state index is 0.184. The van der Waals surface area contributed by atoms with Gasteiger partial charge in [-0.15, -0.1) is 0 Å². The van der Waals surface area contributed by atoms with Crippen LogP contribution in [0.25, 0.3) is 0 Å². The Balaban J connectivity index is 4.29. The molecule has 0 fully saturated rings. The molecule has 0 atom stereocenters. The first kappa shape index (κ1) is 9.48. The van der Waals surface area contributed by atoms with Crippen LogP contribution >= 0.6 is 0 Å². The number of ether oxygens (including phenoxy) is 1. The zero-order valence-electron chi connectivity index (χ0n) is 6.16. The summed E-state index contributed by atoms with van der Waals surface area (Å²) in [4.78, 5) is 21.2. The first-order valence-electron chi connectivity index (χ1n) is 3.02. The molecule has 0 aromatic heterocycles. The molecule has 0 aliphatic rings. The van der Waals surface area contributed by atoms with Crippen molar-refractivity contribution < 1.29 is 14.3 Å². The number of amides is 1. The Morgan fingerprint density at radius 3 is 2.36 bits per heavy atom. The van der Waals surface area contributed by atoms with E-state index in [-0.39, 0.29) is 12.2 Å². The van der Waals surface area contributed by atoms with E-state index in [0.717, 1.165) is 6.20 Å². The Labute approximate surface area is 64.0 Å². The first-order valence-corrected chi connectivity index (χ1v) is 3.02. The number of carbonyl (C=O) groups is 2. The van der Waals surface area contributed by atoms with Crippen molar-refractivity contribution in [2.24, 2.45) is 11.5 Å². The Kier molecular flexibility index (Phi) is 3.72. The van der Waals surface area contributed by atoms with Gasteiger partial charge in [-0.2, -0.15) is 0 Å². The lowest BCUT2D eigenvalue weighted by Crippen LogP contribution is -2.23. The van der Waals surface area contributed by atoms with Gasteiger partial charge < -0.3 is 16.2 Å². The van der Waals surface area contributed by atoms with Crippen LogP contribution in [-0.2, 0) is 14.3 Å². The van der Waals surface area contributed by atoms with Crippen LogP contribution in [0.2, 0.25) is 0 Å². The number of nitrogens with two attached hydrogens (primary N) is 2. The predicted octanol–water partition coefficient (Wildman–Crippen LogP) is -1.12. The van der Waals surface area contributed by atoms with Crippen molar-refractivity contribution in [1.82, 2.24) is 0 Å². The maximum atomic E-state index is 10.7. The molecule has 0 bridgehead atoms. The molecule has 0 radical (unpaired) electrons. The molecule has 62 valence electrons. The zero-order valence-corrected chi connectivity index (χ0v) is 6.16. The highest BCUT2D eigenvalue weighted by atomic mass is 16.5. The molecule has 5 heteroatoms. The van der Waals surface area contributed by atoms with Gasteiger partial charge >= 0.3 is 5.97 Å². The van der Waals surface area contributed by atoms with Crippen LogP contribution in [0.1, 0.15) is 6.92 Å². The molecule has 0 saturated carbocycles. The highest BCUT2D eigenvalue weighted by molar-refractivity contribution is 6.15. The van der Waals surface area contributed by atoms with E-state index in [4.69, 9.17) is 11.5 Å². The lowest BCUT2D eigenvalue weighted by Gasteiger charge is -2.00. The predicted molar refractivity (Wildman–Crippen MR) is 38.1 cm³/mol. The molecule has 0 aliphatic heterocycles. The van der Waals surface area contributed by atoms with Crippen molar-refractivity contribution in [2.75, 3.05) is 6.61 Å². The zero-order chi connectivity index (χ0) is 8.85. The summed E-state index contributed by atoms with van der Waals surface area (Å²) in [5, 5.41) is 0. The molecule has 11 heavy (non-hydrogen) atoms. The molecule has 0 heterocycles. The van der Waals surface area contributed by atoms with Crippen LogP contribution < -0.4 is 11.5 Å². The summed E-state index contributed by atoms with van der Waals surface area (Å²) >= 11 is 0. The maximum Gasteiger partial charge on any atom is 0.345 e. The smallest absolute Gasteiger partial charge is 0.345 e. The molecule has 5 nitrogen and oxygen atoms in total. The highest BCUT2D eigenvalue weighted by Crippen LogP contribution is 1.93. The van der Waals surface area contributed by atoms with Gasteiger partial charge in [0.2, 0.25) is 0 Å². The number of esters is 1. The molecule has 0 aromatic carbocycles. The molecule has 0 saturated heterocycles. The molecule has 0 aliphatic carbocycles. The second-order valence-electron chi connectivity index (χ2n) is 1.67. The van der Waals surface area contributed by atoms with E-state index in [1.54, 1.807) is 6.92 Å². The third-order valence-electron chi connectivity index (χ3n) is 0.927. The molecule has 0 spiro atoms. The molecular formula is C6H10N2O3. The van der Waals surface area contributed by atoms with Crippen molar-refractivity contribution in [3.8, 4) is 0 Å². The van der Waals surface area contributed by atoms with Crippen LogP contribution in [0.5, 0.6) is 0 Å². The molecule has 0 rings (SSSR count). The Hall–Kier alpha value is -1.52. The second kappa shape index (κ2) is 4.32. The van der Waals surface area contributed by atoms with E-state index < -0.39 is 11.9 Å². The summed E-state index contributed by atoms with van der Waals surface area (Å²) in [6.45, 7) is 1.80. The fraction of sp³-hybridized carbons (Fsp3) is 0.333.